The Morgan fingerprint density at radius 1 is 1.18 bits per heavy atom. The number of carboxylic acids is 1. The molecule has 1 aromatic rings. The smallest absolute Gasteiger partial charge is 0.416 e. The monoisotopic (exact) mass is 428 g/mol. The number of allylic oxidation sites excluding steroid dienone is 3. The van der Waals surface area contributed by atoms with E-state index in [1.54, 1.807) is 0 Å². The SMILES string of the molecule is C=N/C(NC(=O)c1ccc(C(F)(F)F)cc1C(=O)O)=C(Cl)\C=C(/C)C(F)(F)F. The summed E-state index contributed by atoms with van der Waals surface area (Å²) in [6, 6.07) is 1.33. The molecule has 0 radical (unpaired) electrons. The Kier molecular flexibility index (Phi) is 7.02. The highest BCUT2D eigenvalue weighted by atomic mass is 35.5. The minimum Gasteiger partial charge on any atom is -0.478 e. The quantitative estimate of drug-likeness (QED) is 0.403. The molecular formula is C16H11ClF6N2O3. The Hall–Kier alpha value is -2.82. The van der Waals surface area contributed by atoms with Gasteiger partial charge in [-0.05, 0) is 37.9 Å². The van der Waals surface area contributed by atoms with Crippen molar-refractivity contribution in [3.05, 3.63) is 57.4 Å². The zero-order valence-electron chi connectivity index (χ0n) is 13.9. The van der Waals surface area contributed by atoms with Crippen LogP contribution in [0.2, 0.25) is 0 Å². The van der Waals surface area contributed by atoms with E-state index in [2.05, 4.69) is 11.7 Å². The predicted molar refractivity (Wildman–Crippen MR) is 88.1 cm³/mol. The second-order valence-corrected chi connectivity index (χ2v) is 5.60. The van der Waals surface area contributed by atoms with Gasteiger partial charge in [0.2, 0.25) is 0 Å². The number of halogens is 7. The molecule has 1 aromatic carbocycles. The van der Waals surface area contributed by atoms with E-state index < -0.39 is 57.3 Å². The van der Waals surface area contributed by atoms with E-state index in [0.717, 1.165) is 0 Å². The average molecular weight is 429 g/mol. The Bertz CT molecular complexity index is 872. The van der Waals surface area contributed by atoms with Gasteiger partial charge in [-0.3, -0.25) is 4.79 Å². The molecule has 5 nitrogen and oxygen atoms in total. The summed E-state index contributed by atoms with van der Waals surface area (Å²) in [6.07, 6.45) is -9.12. The van der Waals surface area contributed by atoms with Crippen molar-refractivity contribution in [1.29, 1.82) is 0 Å². The van der Waals surface area contributed by atoms with Crippen molar-refractivity contribution in [2.24, 2.45) is 4.99 Å². The van der Waals surface area contributed by atoms with Crippen molar-refractivity contribution in [2.75, 3.05) is 0 Å². The number of nitrogens with zero attached hydrogens (tertiary/aromatic N) is 1. The van der Waals surface area contributed by atoms with E-state index in [4.69, 9.17) is 16.7 Å². The average Bonchev–Trinajstić information content (AvgIpc) is 2.56. The summed E-state index contributed by atoms with van der Waals surface area (Å²) < 4.78 is 75.8. The molecule has 0 atom stereocenters. The molecule has 0 fully saturated rings. The fourth-order valence-corrected chi connectivity index (χ4v) is 2.06. The number of hydrogen-bond donors (Lipinski definition) is 2. The second-order valence-electron chi connectivity index (χ2n) is 5.20. The molecule has 152 valence electrons. The number of amides is 1. The number of aromatic carboxylic acids is 1. The van der Waals surface area contributed by atoms with Gasteiger partial charge in [-0.1, -0.05) is 11.6 Å². The highest BCUT2D eigenvalue weighted by Gasteiger charge is 2.33. The number of rotatable bonds is 5. The van der Waals surface area contributed by atoms with Gasteiger partial charge in [-0.25, -0.2) is 9.79 Å². The van der Waals surface area contributed by atoms with E-state index >= 15 is 0 Å². The van der Waals surface area contributed by atoms with Crippen LogP contribution < -0.4 is 5.32 Å². The van der Waals surface area contributed by atoms with Crippen molar-refractivity contribution in [3.63, 3.8) is 0 Å². The van der Waals surface area contributed by atoms with Gasteiger partial charge < -0.3 is 10.4 Å². The molecule has 0 saturated heterocycles. The van der Waals surface area contributed by atoms with Crippen LogP contribution >= 0.6 is 11.6 Å². The van der Waals surface area contributed by atoms with Crippen molar-refractivity contribution in [3.8, 4) is 0 Å². The van der Waals surface area contributed by atoms with Crippen LogP contribution in [0, 0.1) is 0 Å². The zero-order valence-corrected chi connectivity index (χ0v) is 14.6. The van der Waals surface area contributed by atoms with Gasteiger partial charge in [0.25, 0.3) is 5.91 Å². The zero-order chi connectivity index (χ0) is 21.9. The highest BCUT2D eigenvalue weighted by molar-refractivity contribution is 6.31. The lowest BCUT2D eigenvalue weighted by Gasteiger charge is -2.12. The van der Waals surface area contributed by atoms with Crippen molar-refractivity contribution in [1.82, 2.24) is 5.32 Å². The normalized spacial score (nSPS) is 13.6. The van der Waals surface area contributed by atoms with Crippen molar-refractivity contribution < 1.29 is 41.0 Å². The molecule has 0 unspecified atom stereocenters. The van der Waals surface area contributed by atoms with E-state index in [1.165, 1.54) is 0 Å². The first kappa shape index (κ1) is 23.2. The Morgan fingerprint density at radius 2 is 1.75 bits per heavy atom. The third-order valence-corrected chi connectivity index (χ3v) is 3.52. The summed E-state index contributed by atoms with van der Waals surface area (Å²) in [6.45, 7) is 3.72. The molecule has 28 heavy (non-hydrogen) atoms. The topological polar surface area (TPSA) is 78.8 Å². The summed E-state index contributed by atoms with van der Waals surface area (Å²) >= 11 is 5.66. The van der Waals surface area contributed by atoms with E-state index in [1.807, 2.05) is 5.32 Å². The summed E-state index contributed by atoms with van der Waals surface area (Å²) in [5.41, 5.74) is -4.11. The fourth-order valence-electron chi connectivity index (χ4n) is 1.79. The van der Waals surface area contributed by atoms with E-state index in [-0.39, 0.29) is 6.07 Å². The fraction of sp³-hybridized carbons (Fsp3) is 0.188. The van der Waals surface area contributed by atoms with Crippen LogP contribution in [0.25, 0.3) is 0 Å². The second kappa shape index (κ2) is 8.46. The lowest BCUT2D eigenvalue weighted by molar-refractivity contribution is -0.137. The minimum absolute atomic E-state index is 0.247. The number of aliphatic imine (C=N–C) groups is 1. The number of hydrogen-bond acceptors (Lipinski definition) is 3. The Balaban J connectivity index is 3.33. The van der Waals surface area contributed by atoms with E-state index in [9.17, 15) is 35.9 Å². The maximum atomic E-state index is 12.7. The molecular weight excluding hydrogens is 418 g/mol. The number of nitrogens with one attached hydrogen (secondary N) is 1. The van der Waals surface area contributed by atoms with Gasteiger partial charge in [0.05, 0.1) is 21.7 Å². The molecule has 0 spiro atoms. The van der Waals surface area contributed by atoms with Crippen LogP contribution in [0.15, 0.2) is 45.7 Å². The molecule has 0 aliphatic rings. The molecule has 1 amide bonds. The van der Waals surface area contributed by atoms with Gasteiger partial charge in [0.1, 0.15) is 0 Å². The number of alkyl halides is 6. The van der Waals surface area contributed by atoms with Gasteiger partial charge >= 0.3 is 18.3 Å². The van der Waals surface area contributed by atoms with Gasteiger partial charge in [0.15, 0.2) is 5.82 Å². The third-order valence-electron chi connectivity index (χ3n) is 3.23. The number of carbonyl (C=O) groups is 2. The summed E-state index contributed by atoms with van der Waals surface area (Å²) in [4.78, 5) is 26.6. The molecule has 0 heterocycles. The highest BCUT2D eigenvalue weighted by Crippen LogP contribution is 2.31. The summed E-state index contributed by atoms with van der Waals surface area (Å²) in [5, 5.41) is 10.3. The first-order chi connectivity index (χ1) is 12.7. The predicted octanol–water partition coefficient (Wildman–Crippen LogP) is 4.75. The van der Waals surface area contributed by atoms with Gasteiger partial charge in [-0.2, -0.15) is 26.3 Å². The minimum atomic E-state index is -4.85. The molecule has 1 rings (SSSR count). The summed E-state index contributed by atoms with van der Waals surface area (Å²) in [7, 11) is 0. The first-order valence-corrected chi connectivity index (χ1v) is 7.44. The lowest BCUT2D eigenvalue weighted by atomic mass is 10.0. The lowest BCUT2D eigenvalue weighted by Crippen LogP contribution is -2.25. The molecule has 2 N–H and O–H groups in total. The van der Waals surface area contributed by atoms with Crippen molar-refractivity contribution >= 4 is 30.2 Å². The molecule has 0 aliphatic carbocycles. The Morgan fingerprint density at radius 3 is 2.18 bits per heavy atom. The Labute approximate surface area is 159 Å². The van der Waals surface area contributed by atoms with Gasteiger partial charge in [0, 0.05) is 5.57 Å². The van der Waals surface area contributed by atoms with Gasteiger partial charge in [-0.15, -0.1) is 0 Å². The summed E-state index contributed by atoms with van der Waals surface area (Å²) in [5.74, 6) is -3.73. The number of carboxylic acid groups (broad SMARTS) is 1. The van der Waals surface area contributed by atoms with Crippen LogP contribution in [0.3, 0.4) is 0 Å². The largest absolute Gasteiger partial charge is 0.478 e. The molecule has 0 saturated carbocycles. The van der Waals surface area contributed by atoms with Crippen LogP contribution in [0.1, 0.15) is 33.2 Å². The molecule has 0 aliphatic heterocycles. The van der Waals surface area contributed by atoms with Crippen LogP contribution in [0.4, 0.5) is 26.3 Å². The molecule has 12 heteroatoms. The van der Waals surface area contributed by atoms with Crippen molar-refractivity contribution in [2.45, 2.75) is 19.3 Å². The van der Waals surface area contributed by atoms with Crippen LogP contribution in [-0.2, 0) is 6.18 Å². The maximum Gasteiger partial charge on any atom is 0.416 e. The van der Waals surface area contributed by atoms with Crippen LogP contribution in [0.5, 0.6) is 0 Å². The number of carbonyl (C=O) groups excluding carboxylic acids is 1. The standard InChI is InChI=1S/C16H11ClF6N2O3/c1-7(15(18,19)20)5-11(17)12(24-2)25-13(26)9-4-3-8(16(21,22)23)6-10(9)14(27)28/h3-6H,2H2,1H3,(H,25,26)(H,27,28)/b7-5+,12-11-. The number of benzene rings is 1. The van der Waals surface area contributed by atoms with E-state index in [0.29, 0.717) is 25.1 Å². The molecule has 0 aromatic heterocycles. The third kappa shape index (κ3) is 5.84. The molecule has 0 bridgehead atoms. The first-order valence-electron chi connectivity index (χ1n) is 7.06. The maximum absolute atomic E-state index is 12.7. The van der Waals surface area contributed by atoms with Crippen LogP contribution in [-0.4, -0.2) is 29.9 Å².